The fourth-order valence-electron chi connectivity index (χ4n) is 0.838. The van der Waals surface area contributed by atoms with Gasteiger partial charge in [0.25, 0.3) is 0 Å². The van der Waals surface area contributed by atoms with Gasteiger partial charge in [0, 0.05) is 20.3 Å². The summed E-state index contributed by atoms with van der Waals surface area (Å²) < 4.78 is 10.7. The van der Waals surface area contributed by atoms with Crippen LogP contribution in [0.3, 0.4) is 0 Å². The third-order valence-electron chi connectivity index (χ3n) is 2.10. The standard InChI is InChI=1S/C10H22O2S/c1-10(2,11-3)6-8-12-7-4-5-9-13/h13H,4-9H2,1-3H3. The first kappa shape index (κ1) is 13.3. The maximum absolute atomic E-state index is 5.46. The lowest BCUT2D eigenvalue weighted by Crippen LogP contribution is -2.24. The van der Waals surface area contributed by atoms with E-state index in [2.05, 4.69) is 26.5 Å². The topological polar surface area (TPSA) is 18.5 Å². The molecule has 0 saturated carbocycles. The van der Waals surface area contributed by atoms with Crippen molar-refractivity contribution in [2.45, 2.75) is 38.7 Å². The first-order chi connectivity index (χ1) is 6.12. The molecule has 0 aromatic carbocycles. The van der Waals surface area contributed by atoms with Gasteiger partial charge in [-0.15, -0.1) is 0 Å². The molecule has 0 amide bonds. The van der Waals surface area contributed by atoms with E-state index in [0.29, 0.717) is 0 Å². The Kier molecular flexibility index (Phi) is 7.81. The summed E-state index contributed by atoms with van der Waals surface area (Å²) in [5.74, 6) is 0.951. The first-order valence-corrected chi connectivity index (χ1v) is 5.49. The molecule has 0 saturated heterocycles. The van der Waals surface area contributed by atoms with E-state index in [1.54, 1.807) is 7.11 Å². The van der Waals surface area contributed by atoms with E-state index >= 15 is 0 Å². The highest BCUT2D eigenvalue weighted by Crippen LogP contribution is 2.12. The zero-order chi connectivity index (χ0) is 10.2. The van der Waals surface area contributed by atoms with Crippen LogP contribution >= 0.6 is 12.6 Å². The largest absolute Gasteiger partial charge is 0.381 e. The lowest BCUT2D eigenvalue weighted by Gasteiger charge is -2.22. The molecule has 13 heavy (non-hydrogen) atoms. The van der Waals surface area contributed by atoms with Gasteiger partial charge in [-0.1, -0.05) is 0 Å². The molecule has 0 spiro atoms. The molecular formula is C10H22O2S. The van der Waals surface area contributed by atoms with E-state index < -0.39 is 0 Å². The van der Waals surface area contributed by atoms with Gasteiger partial charge in [-0.3, -0.25) is 0 Å². The highest BCUT2D eigenvalue weighted by atomic mass is 32.1. The maximum Gasteiger partial charge on any atom is 0.0644 e. The van der Waals surface area contributed by atoms with E-state index in [0.717, 1.165) is 38.2 Å². The lowest BCUT2D eigenvalue weighted by atomic mass is 10.1. The van der Waals surface area contributed by atoms with Crippen LogP contribution < -0.4 is 0 Å². The van der Waals surface area contributed by atoms with Gasteiger partial charge in [-0.05, 0) is 38.9 Å². The van der Waals surface area contributed by atoms with Crippen LogP contribution in [0.1, 0.15) is 33.1 Å². The Bertz CT molecular complexity index is 115. The van der Waals surface area contributed by atoms with E-state index in [1.165, 1.54) is 0 Å². The van der Waals surface area contributed by atoms with Gasteiger partial charge in [0.1, 0.15) is 0 Å². The number of rotatable bonds is 8. The zero-order valence-corrected chi connectivity index (χ0v) is 9.90. The molecule has 0 heterocycles. The monoisotopic (exact) mass is 206 g/mol. The summed E-state index contributed by atoms with van der Waals surface area (Å²) in [5, 5.41) is 0. The van der Waals surface area contributed by atoms with Crippen molar-refractivity contribution in [1.82, 2.24) is 0 Å². The van der Waals surface area contributed by atoms with E-state index in [9.17, 15) is 0 Å². The number of thiol groups is 1. The van der Waals surface area contributed by atoms with Crippen LogP contribution in [0, 0.1) is 0 Å². The minimum atomic E-state index is -0.0520. The summed E-state index contributed by atoms with van der Waals surface area (Å²) in [6, 6.07) is 0. The number of hydrogen-bond donors (Lipinski definition) is 1. The summed E-state index contributed by atoms with van der Waals surface area (Å²) in [6.07, 6.45) is 3.19. The predicted octanol–water partition coefficient (Wildman–Crippen LogP) is 2.53. The van der Waals surface area contributed by atoms with Crippen LogP contribution in [0.2, 0.25) is 0 Å². The van der Waals surface area contributed by atoms with Crippen molar-refractivity contribution in [3.63, 3.8) is 0 Å². The van der Waals surface area contributed by atoms with Crippen molar-refractivity contribution >= 4 is 12.6 Å². The summed E-state index contributed by atoms with van der Waals surface area (Å²) in [7, 11) is 1.74. The second-order valence-electron chi connectivity index (χ2n) is 3.76. The molecule has 0 fully saturated rings. The van der Waals surface area contributed by atoms with Crippen molar-refractivity contribution < 1.29 is 9.47 Å². The highest BCUT2D eigenvalue weighted by molar-refractivity contribution is 7.80. The van der Waals surface area contributed by atoms with Gasteiger partial charge in [0.2, 0.25) is 0 Å². The minimum absolute atomic E-state index is 0.0520. The molecule has 0 rings (SSSR count). The minimum Gasteiger partial charge on any atom is -0.381 e. The molecule has 80 valence electrons. The van der Waals surface area contributed by atoms with Crippen LogP contribution in [-0.4, -0.2) is 31.7 Å². The van der Waals surface area contributed by atoms with Gasteiger partial charge >= 0.3 is 0 Å². The molecule has 0 radical (unpaired) electrons. The third-order valence-corrected chi connectivity index (χ3v) is 2.41. The average Bonchev–Trinajstić information content (AvgIpc) is 2.11. The summed E-state index contributed by atoms with van der Waals surface area (Å²) in [5.41, 5.74) is -0.0520. The first-order valence-electron chi connectivity index (χ1n) is 4.86. The Balaban J connectivity index is 3.16. The van der Waals surface area contributed by atoms with Gasteiger partial charge in [0.15, 0.2) is 0 Å². The number of ether oxygens (including phenoxy) is 2. The lowest BCUT2D eigenvalue weighted by molar-refractivity contribution is -0.0100. The van der Waals surface area contributed by atoms with E-state index in [4.69, 9.17) is 9.47 Å². The molecule has 0 aromatic rings. The SMILES string of the molecule is COC(C)(C)CCOCCCCS. The number of unbranched alkanes of at least 4 members (excludes halogenated alkanes) is 1. The normalized spacial score (nSPS) is 12.0. The predicted molar refractivity (Wildman–Crippen MR) is 59.6 cm³/mol. The van der Waals surface area contributed by atoms with Crippen molar-refractivity contribution in [2.75, 3.05) is 26.1 Å². The van der Waals surface area contributed by atoms with E-state index in [1.807, 2.05) is 0 Å². The van der Waals surface area contributed by atoms with E-state index in [-0.39, 0.29) is 5.60 Å². The molecule has 3 heteroatoms. The highest BCUT2D eigenvalue weighted by Gasteiger charge is 2.15. The Morgan fingerprint density at radius 1 is 1.15 bits per heavy atom. The molecule has 0 aromatic heterocycles. The fraction of sp³-hybridized carbons (Fsp3) is 1.00. The van der Waals surface area contributed by atoms with Gasteiger partial charge in [0.05, 0.1) is 5.60 Å². The fourth-order valence-corrected chi connectivity index (χ4v) is 1.06. The molecule has 2 nitrogen and oxygen atoms in total. The van der Waals surface area contributed by atoms with Crippen LogP contribution in [0.15, 0.2) is 0 Å². The molecule has 0 aliphatic heterocycles. The summed E-state index contributed by atoms with van der Waals surface area (Å²) in [6.45, 7) is 5.78. The molecule has 0 aliphatic rings. The average molecular weight is 206 g/mol. The molecule has 0 bridgehead atoms. The van der Waals surface area contributed by atoms with Gasteiger partial charge in [-0.25, -0.2) is 0 Å². The molecule has 0 aliphatic carbocycles. The molecule has 0 unspecified atom stereocenters. The smallest absolute Gasteiger partial charge is 0.0644 e. The number of hydrogen-bond acceptors (Lipinski definition) is 3. The Morgan fingerprint density at radius 3 is 2.38 bits per heavy atom. The van der Waals surface area contributed by atoms with Crippen LogP contribution in [0.25, 0.3) is 0 Å². The van der Waals surface area contributed by atoms with Crippen LogP contribution in [0.5, 0.6) is 0 Å². The quantitative estimate of drug-likeness (QED) is 0.486. The maximum atomic E-state index is 5.46. The molecular weight excluding hydrogens is 184 g/mol. The van der Waals surface area contributed by atoms with Crippen molar-refractivity contribution in [3.05, 3.63) is 0 Å². The molecule has 0 N–H and O–H groups in total. The van der Waals surface area contributed by atoms with Crippen molar-refractivity contribution in [2.24, 2.45) is 0 Å². The number of methoxy groups -OCH3 is 1. The van der Waals surface area contributed by atoms with Gasteiger partial charge in [-0.2, -0.15) is 12.6 Å². The summed E-state index contributed by atoms with van der Waals surface area (Å²) >= 11 is 4.13. The Hall–Kier alpha value is 0.270. The van der Waals surface area contributed by atoms with Crippen molar-refractivity contribution in [3.8, 4) is 0 Å². The van der Waals surface area contributed by atoms with Gasteiger partial charge < -0.3 is 9.47 Å². The van der Waals surface area contributed by atoms with Crippen molar-refractivity contribution in [1.29, 1.82) is 0 Å². The van der Waals surface area contributed by atoms with Crippen LogP contribution in [0.4, 0.5) is 0 Å². The Morgan fingerprint density at radius 2 is 1.85 bits per heavy atom. The zero-order valence-electron chi connectivity index (χ0n) is 9.01. The summed E-state index contributed by atoms with van der Waals surface area (Å²) in [4.78, 5) is 0. The Labute approximate surface area is 87.4 Å². The second-order valence-corrected chi connectivity index (χ2v) is 4.20. The second kappa shape index (κ2) is 7.65. The third kappa shape index (κ3) is 8.60. The van der Waals surface area contributed by atoms with Crippen LogP contribution in [-0.2, 0) is 9.47 Å². The molecule has 0 atom stereocenters.